The van der Waals surface area contributed by atoms with Gasteiger partial charge in [0, 0.05) is 18.9 Å². The summed E-state index contributed by atoms with van der Waals surface area (Å²) in [5, 5.41) is 0.154. The lowest BCUT2D eigenvalue weighted by molar-refractivity contribution is 0.561. The molecule has 6 nitrogen and oxygen atoms in total. The van der Waals surface area contributed by atoms with Crippen LogP contribution in [-0.4, -0.2) is 18.4 Å². The Morgan fingerprint density at radius 3 is 2.85 bits per heavy atom. The van der Waals surface area contributed by atoms with Gasteiger partial charge in [-0.15, -0.1) is 0 Å². The molecule has 20 heavy (non-hydrogen) atoms. The molecule has 0 aliphatic carbocycles. The molecule has 2 rings (SSSR count). The Morgan fingerprint density at radius 2 is 2.25 bits per heavy atom. The van der Waals surface area contributed by atoms with Crippen LogP contribution < -0.4 is 10.5 Å². The summed E-state index contributed by atoms with van der Waals surface area (Å²) in [5.74, 6) is 0.527. The van der Waals surface area contributed by atoms with E-state index in [0.29, 0.717) is 11.4 Å². The van der Waals surface area contributed by atoms with E-state index in [0.717, 1.165) is 0 Å². The van der Waals surface area contributed by atoms with Crippen LogP contribution in [0.4, 0.5) is 0 Å². The fraction of sp³-hybridized carbons (Fsp3) is 0.250. The third-order valence-corrected chi connectivity index (χ3v) is 4.80. The van der Waals surface area contributed by atoms with Gasteiger partial charge in [0.1, 0.15) is 10.7 Å². The molecule has 1 aromatic heterocycles. The third kappa shape index (κ3) is 3.18. The van der Waals surface area contributed by atoms with Gasteiger partial charge in [-0.25, -0.2) is 18.1 Å². The minimum absolute atomic E-state index is 0.0144. The lowest BCUT2D eigenvalue weighted by atomic mass is 10.2. The molecule has 108 valence electrons. The highest BCUT2D eigenvalue weighted by molar-refractivity contribution is 7.89. The number of H-pyrrole nitrogens is 1. The van der Waals surface area contributed by atoms with E-state index in [9.17, 15) is 8.42 Å². The number of nitrogens with zero attached hydrogens (tertiary/aromatic N) is 1. The van der Waals surface area contributed by atoms with Crippen molar-refractivity contribution in [3.05, 3.63) is 47.0 Å². The quantitative estimate of drug-likeness (QED) is 0.779. The molecule has 1 aromatic carbocycles. The molecule has 0 radical (unpaired) electrons. The van der Waals surface area contributed by atoms with Gasteiger partial charge in [0.15, 0.2) is 0 Å². The SMILES string of the molecule is CC(NS(=O)(=O)c1cc(CN)ccc1Cl)c1ncc[nH]1. The fourth-order valence-corrected chi connectivity index (χ4v) is 3.50. The zero-order chi connectivity index (χ0) is 14.8. The van der Waals surface area contributed by atoms with Crippen LogP contribution in [0, 0.1) is 0 Å². The number of rotatable bonds is 5. The predicted molar refractivity (Wildman–Crippen MR) is 76.7 cm³/mol. The van der Waals surface area contributed by atoms with Crippen molar-refractivity contribution in [1.29, 1.82) is 0 Å². The highest BCUT2D eigenvalue weighted by Gasteiger charge is 2.22. The first-order chi connectivity index (χ1) is 9.44. The highest BCUT2D eigenvalue weighted by atomic mass is 35.5. The molecule has 0 spiro atoms. The van der Waals surface area contributed by atoms with E-state index in [4.69, 9.17) is 17.3 Å². The van der Waals surface area contributed by atoms with Gasteiger partial charge in [0.2, 0.25) is 10.0 Å². The first-order valence-corrected chi connectivity index (χ1v) is 7.80. The molecule has 1 heterocycles. The molecule has 0 saturated carbocycles. The van der Waals surface area contributed by atoms with Crippen LogP contribution in [-0.2, 0) is 16.6 Å². The highest BCUT2D eigenvalue weighted by Crippen LogP contribution is 2.24. The van der Waals surface area contributed by atoms with Crippen molar-refractivity contribution in [2.24, 2.45) is 5.73 Å². The number of benzene rings is 1. The second-order valence-corrected chi connectivity index (χ2v) is 6.38. The molecule has 8 heteroatoms. The topological polar surface area (TPSA) is 101 Å². The zero-order valence-electron chi connectivity index (χ0n) is 10.8. The van der Waals surface area contributed by atoms with Crippen LogP contribution in [0.5, 0.6) is 0 Å². The Morgan fingerprint density at radius 1 is 1.50 bits per heavy atom. The number of halogens is 1. The number of sulfonamides is 1. The number of nitrogens with one attached hydrogen (secondary N) is 2. The first kappa shape index (κ1) is 15.0. The number of aromatic amines is 1. The first-order valence-electron chi connectivity index (χ1n) is 5.94. The van der Waals surface area contributed by atoms with Crippen molar-refractivity contribution in [3.63, 3.8) is 0 Å². The number of aromatic nitrogens is 2. The van der Waals surface area contributed by atoms with Crippen molar-refractivity contribution < 1.29 is 8.42 Å². The molecule has 0 fully saturated rings. The molecular weight excluding hydrogens is 300 g/mol. The Kier molecular flexibility index (Phi) is 4.44. The summed E-state index contributed by atoms with van der Waals surface area (Å²) >= 11 is 5.96. The Balaban J connectivity index is 2.31. The maximum atomic E-state index is 12.3. The molecule has 0 bridgehead atoms. The van der Waals surface area contributed by atoms with Crippen LogP contribution in [0.2, 0.25) is 5.02 Å². The summed E-state index contributed by atoms with van der Waals surface area (Å²) < 4.78 is 27.2. The molecule has 1 atom stereocenters. The average molecular weight is 315 g/mol. The number of hydrogen-bond donors (Lipinski definition) is 3. The van der Waals surface area contributed by atoms with E-state index in [2.05, 4.69) is 14.7 Å². The minimum Gasteiger partial charge on any atom is -0.347 e. The van der Waals surface area contributed by atoms with Gasteiger partial charge in [-0.2, -0.15) is 0 Å². The second-order valence-electron chi connectivity index (χ2n) is 4.29. The number of nitrogens with two attached hydrogens (primary N) is 1. The van der Waals surface area contributed by atoms with Crippen LogP contribution in [0.1, 0.15) is 24.4 Å². The summed E-state index contributed by atoms with van der Waals surface area (Å²) in [4.78, 5) is 6.89. The van der Waals surface area contributed by atoms with E-state index < -0.39 is 16.1 Å². The van der Waals surface area contributed by atoms with Crippen molar-refractivity contribution in [2.75, 3.05) is 0 Å². The lowest BCUT2D eigenvalue weighted by Gasteiger charge is -2.13. The van der Waals surface area contributed by atoms with Crippen LogP contribution in [0.3, 0.4) is 0 Å². The van der Waals surface area contributed by atoms with Gasteiger partial charge in [-0.1, -0.05) is 17.7 Å². The molecule has 0 aliphatic rings. The smallest absolute Gasteiger partial charge is 0.242 e. The largest absolute Gasteiger partial charge is 0.347 e. The monoisotopic (exact) mass is 314 g/mol. The zero-order valence-corrected chi connectivity index (χ0v) is 12.4. The minimum atomic E-state index is -3.75. The summed E-state index contributed by atoms with van der Waals surface area (Å²) in [6.45, 7) is 1.94. The van der Waals surface area contributed by atoms with Gasteiger partial charge in [-0.3, -0.25) is 0 Å². The number of hydrogen-bond acceptors (Lipinski definition) is 4. The van der Waals surface area contributed by atoms with Crippen molar-refractivity contribution in [3.8, 4) is 0 Å². The van der Waals surface area contributed by atoms with E-state index >= 15 is 0 Å². The Labute approximate surface area is 122 Å². The Bertz CT molecular complexity index is 685. The molecule has 4 N–H and O–H groups in total. The molecule has 0 amide bonds. The standard InChI is InChI=1S/C12H15ClN4O2S/c1-8(12-15-4-5-16-12)17-20(18,19)11-6-9(7-14)2-3-10(11)13/h2-6,8,17H,7,14H2,1H3,(H,15,16). The summed E-state index contributed by atoms with van der Waals surface area (Å²) in [6.07, 6.45) is 3.18. The maximum absolute atomic E-state index is 12.3. The summed E-state index contributed by atoms with van der Waals surface area (Å²) in [6, 6.07) is 4.19. The molecule has 0 aliphatic heterocycles. The second kappa shape index (κ2) is 5.92. The van der Waals surface area contributed by atoms with Crippen molar-refractivity contribution in [1.82, 2.24) is 14.7 Å². The molecule has 2 aromatic rings. The van der Waals surface area contributed by atoms with Crippen molar-refractivity contribution >= 4 is 21.6 Å². The van der Waals surface area contributed by atoms with Crippen LogP contribution >= 0.6 is 11.6 Å². The van der Waals surface area contributed by atoms with Gasteiger partial charge in [-0.05, 0) is 24.6 Å². The Hall–Kier alpha value is -1.41. The van der Waals surface area contributed by atoms with Crippen molar-refractivity contribution in [2.45, 2.75) is 24.4 Å². The van der Waals surface area contributed by atoms with E-state index in [1.165, 1.54) is 12.1 Å². The average Bonchev–Trinajstić information content (AvgIpc) is 2.92. The third-order valence-electron chi connectivity index (χ3n) is 2.78. The molecular formula is C12H15ClN4O2S. The fourth-order valence-electron chi connectivity index (χ4n) is 1.75. The predicted octanol–water partition coefficient (Wildman–Crippen LogP) is 1.56. The van der Waals surface area contributed by atoms with Crippen LogP contribution in [0.15, 0.2) is 35.5 Å². The van der Waals surface area contributed by atoms with E-state index in [-0.39, 0.29) is 16.5 Å². The van der Waals surface area contributed by atoms with Crippen LogP contribution in [0.25, 0.3) is 0 Å². The van der Waals surface area contributed by atoms with E-state index in [1.807, 2.05) is 0 Å². The van der Waals surface area contributed by atoms with Gasteiger partial charge in [0.25, 0.3) is 0 Å². The molecule has 1 unspecified atom stereocenters. The van der Waals surface area contributed by atoms with Gasteiger partial charge >= 0.3 is 0 Å². The van der Waals surface area contributed by atoms with Gasteiger partial charge < -0.3 is 10.7 Å². The number of imidazole rings is 1. The summed E-state index contributed by atoms with van der Waals surface area (Å²) in [7, 11) is -3.75. The normalized spacial score (nSPS) is 13.3. The molecule has 0 saturated heterocycles. The van der Waals surface area contributed by atoms with E-state index in [1.54, 1.807) is 25.4 Å². The summed E-state index contributed by atoms with van der Waals surface area (Å²) in [5.41, 5.74) is 6.21. The lowest BCUT2D eigenvalue weighted by Crippen LogP contribution is -2.28. The maximum Gasteiger partial charge on any atom is 0.242 e. The van der Waals surface area contributed by atoms with Gasteiger partial charge in [0.05, 0.1) is 11.1 Å².